The predicted octanol–water partition coefficient (Wildman–Crippen LogP) is 2.64. The Hall–Kier alpha value is -1.55. The first kappa shape index (κ1) is 12.9. The zero-order valence-corrected chi connectivity index (χ0v) is 10.7. The number of rotatable bonds is 2. The quantitative estimate of drug-likeness (QED) is 0.828. The number of benzene rings is 1. The molecule has 1 aromatic carbocycles. The molecule has 1 aliphatic rings. The second kappa shape index (κ2) is 5.87. The van der Waals surface area contributed by atoms with Gasteiger partial charge in [-0.1, -0.05) is 23.7 Å². The molecule has 0 radical (unpaired) electrons. The van der Waals surface area contributed by atoms with Crippen LogP contribution >= 0.6 is 11.6 Å². The highest BCUT2D eigenvalue weighted by Gasteiger charge is 2.22. The lowest BCUT2D eigenvalue weighted by Crippen LogP contribution is -2.40. The van der Waals surface area contributed by atoms with Crippen LogP contribution in [0.3, 0.4) is 0 Å². The first-order valence-electron chi connectivity index (χ1n) is 5.83. The number of likely N-dealkylation sites (tertiary alicyclic amines) is 1. The van der Waals surface area contributed by atoms with Crippen molar-refractivity contribution in [3.63, 3.8) is 0 Å². The molecule has 0 atom stereocenters. The van der Waals surface area contributed by atoms with E-state index >= 15 is 0 Å². The van der Waals surface area contributed by atoms with Gasteiger partial charge in [-0.05, 0) is 24.1 Å². The molecule has 0 N–H and O–H groups in total. The summed E-state index contributed by atoms with van der Waals surface area (Å²) in [4.78, 5) is 24.4. The number of piperidine rings is 1. The number of halogens is 1. The Morgan fingerprint density at radius 1 is 1.33 bits per heavy atom. The van der Waals surface area contributed by atoms with Crippen molar-refractivity contribution in [1.82, 2.24) is 4.90 Å². The molecule has 1 aliphatic heterocycles. The molecular weight excluding hydrogens is 254 g/mol. The van der Waals surface area contributed by atoms with E-state index in [1.165, 1.54) is 4.90 Å². The third kappa shape index (κ3) is 3.47. The molecule has 1 amide bonds. The van der Waals surface area contributed by atoms with Gasteiger partial charge in [0.2, 0.25) is 0 Å². The van der Waals surface area contributed by atoms with E-state index < -0.39 is 6.09 Å². The fourth-order valence-corrected chi connectivity index (χ4v) is 1.94. The number of hydrogen-bond acceptors (Lipinski definition) is 3. The molecule has 2 rings (SSSR count). The zero-order chi connectivity index (χ0) is 13.0. The lowest BCUT2D eigenvalue weighted by molar-refractivity contribution is -0.121. The highest BCUT2D eigenvalue weighted by molar-refractivity contribution is 6.30. The third-order valence-corrected chi connectivity index (χ3v) is 3.04. The number of ketones is 1. The molecule has 1 fully saturated rings. The van der Waals surface area contributed by atoms with Crippen LogP contribution in [0.4, 0.5) is 4.79 Å². The highest BCUT2D eigenvalue weighted by atomic mass is 35.5. The minimum Gasteiger partial charge on any atom is -0.445 e. The first-order chi connectivity index (χ1) is 8.65. The smallest absolute Gasteiger partial charge is 0.410 e. The fraction of sp³-hybridized carbons (Fsp3) is 0.385. The van der Waals surface area contributed by atoms with Gasteiger partial charge >= 0.3 is 6.09 Å². The molecule has 4 nitrogen and oxygen atoms in total. The van der Waals surface area contributed by atoms with Crippen molar-refractivity contribution in [2.75, 3.05) is 13.1 Å². The van der Waals surface area contributed by atoms with E-state index in [-0.39, 0.29) is 18.9 Å². The van der Waals surface area contributed by atoms with Crippen LogP contribution in [0.1, 0.15) is 18.4 Å². The summed E-state index contributed by atoms with van der Waals surface area (Å²) in [7, 11) is 0. The summed E-state index contributed by atoms with van der Waals surface area (Å²) in [5.41, 5.74) is 0.871. The SMILES string of the molecule is O=C1CCCN(C(=O)OCc2ccc(Cl)cc2)C1. The van der Waals surface area contributed by atoms with Crippen molar-refractivity contribution in [3.8, 4) is 0 Å². The van der Waals surface area contributed by atoms with Crippen LogP contribution < -0.4 is 0 Å². The topological polar surface area (TPSA) is 46.6 Å². The molecule has 0 bridgehead atoms. The molecule has 0 spiro atoms. The highest BCUT2D eigenvalue weighted by Crippen LogP contribution is 2.12. The largest absolute Gasteiger partial charge is 0.445 e. The summed E-state index contributed by atoms with van der Waals surface area (Å²) in [6, 6.07) is 7.10. The fourth-order valence-electron chi connectivity index (χ4n) is 1.81. The second-order valence-corrected chi connectivity index (χ2v) is 4.68. The van der Waals surface area contributed by atoms with Gasteiger partial charge in [-0.25, -0.2) is 4.79 Å². The van der Waals surface area contributed by atoms with Crippen LogP contribution in [-0.2, 0) is 16.1 Å². The summed E-state index contributed by atoms with van der Waals surface area (Å²) in [5, 5.41) is 0.645. The average Bonchev–Trinajstić information content (AvgIpc) is 2.38. The third-order valence-electron chi connectivity index (χ3n) is 2.78. The summed E-state index contributed by atoms with van der Waals surface area (Å²) in [6.45, 7) is 0.950. The van der Waals surface area contributed by atoms with Crippen LogP contribution in [0.25, 0.3) is 0 Å². The van der Waals surface area contributed by atoms with Crippen molar-refractivity contribution in [1.29, 1.82) is 0 Å². The Kier molecular flexibility index (Phi) is 4.20. The van der Waals surface area contributed by atoms with Crippen LogP contribution in [0.5, 0.6) is 0 Å². The molecule has 18 heavy (non-hydrogen) atoms. The molecular formula is C13H14ClNO3. The van der Waals surface area contributed by atoms with E-state index in [0.717, 1.165) is 12.0 Å². The summed E-state index contributed by atoms with van der Waals surface area (Å²) >= 11 is 5.76. The Labute approximate surface area is 110 Å². The van der Waals surface area contributed by atoms with Gasteiger partial charge in [0.1, 0.15) is 6.61 Å². The number of amides is 1. The molecule has 5 heteroatoms. The van der Waals surface area contributed by atoms with Crippen LogP contribution in [0.15, 0.2) is 24.3 Å². The first-order valence-corrected chi connectivity index (χ1v) is 6.21. The van der Waals surface area contributed by atoms with Gasteiger partial charge in [-0.3, -0.25) is 4.79 Å². The van der Waals surface area contributed by atoms with Crippen LogP contribution in [0, 0.1) is 0 Å². The van der Waals surface area contributed by atoms with E-state index in [4.69, 9.17) is 16.3 Å². The Morgan fingerprint density at radius 3 is 2.72 bits per heavy atom. The van der Waals surface area contributed by atoms with Gasteiger partial charge in [-0.2, -0.15) is 0 Å². The predicted molar refractivity (Wildman–Crippen MR) is 67.5 cm³/mol. The van der Waals surface area contributed by atoms with E-state index in [1.54, 1.807) is 24.3 Å². The van der Waals surface area contributed by atoms with Crippen molar-refractivity contribution < 1.29 is 14.3 Å². The number of ether oxygens (including phenoxy) is 1. The normalized spacial score (nSPS) is 15.6. The summed E-state index contributed by atoms with van der Waals surface area (Å²) < 4.78 is 5.15. The second-order valence-electron chi connectivity index (χ2n) is 4.24. The molecule has 0 aromatic heterocycles. The van der Waals surface area contributed by atoms with E-state index in [1.807, 2.05) is 0 Å². The number of hydrogen-bond donors (Lipinski definition) is 0. The average molecular weight is 268 g/mol. The van der Waals surface area contributed by atoms with Crippen LogP contribution in [0.2, 0.25) is 5.02 Å². The molecule has 96 valence electrons. The maximum atomic E-state index is 11.7. The van der Waals surface area contributed by atoms with Gasteiger partial charge in [-0.15, -0.1) is 0 Å². The molecule has 1 aromatic rings. The monoisotopic (exact) mass is 267 g/mol. The minimum atomic E-state index is -0.432. The molecule has 1 heterocycles. The Balaban J connectivity index is 1.84. The van der Waals surface area contributed by atoms with Gasteiger partial charge in [0, 0.05) is 18.0 Å². The maximum absolute atomic E-state index is 11.7. The van der Waals surface area contributed by atoms with Crippen molar-refractivity contribution in [2.24, 2.45) is 0 Å². The molecule has 0 saturated carbocycles. The van der Waals surface area contributed by atoms with E-state index in [2.05, 4.69) is 0 Å². The van der Waals surface area contributed by atoms with Gasteiger partial charge in [0.25, 0.3) is 0 Å². The van der Waals surface area contributed by atoms with Crippen molar-refractivity contribution in [2.45, 2.75) is 19.4 Å². The van der Waals surface area contributed by atoms with E-state index in [9.17, 15) is 9.59 Å². The van der Waals surface area contributed by atoms with E-state index in [0.29, 0.717) is 18.0 Å². The van der Waals surface area contributed by atoms with Crippen molar-refractivity contribution >= 4 is 23.5 Å². The number of carbonyl (C=O) groups is 2. The van der Waals surface area contributed by atoms with Crippen LogP contribution in [-0.4, -0.2) is 29.9 Å². The zero-order valence-electron chi connectivity index (χ0n) is 9.89. The lowest BCUT2D eigenvalue weighted by atomic mass is 10.1. The van der Waals surface area contributed by atoms with Gasteiger partial charge in [0.05, 0.1) is 6.54 Å². The lowest BCUT2D eigenvalue weighted by Gasteiger charge is -2.24. The van der Waals surface area contributed by atoms with Gasteiger partial charge in [0.15, 0.2) is 5.78 Å². The summed E-state index contributed by atoms with van der Waals surface area (Å²) in [5.74, 6) is 0.0877. The molecule has 0 aliphatic carbocycles. The standard InChI is InChI=1S/C13H14ClNO3/c14-11-5-3-10(4-6-11)9-18-13(17)15-7-1-2-12(16)8-15/h3-6H,1-2,7-9H2. The maximum Gasteiger partial charge on any atom is 0.410 e. The number of nitrogens with zero attached hydrogens (tertiary/aromatic N) is 1. The Bertz CT molecular complexity index is 444. The van der Waals surface area contributed by atoms with Gasteiger partial charge < -0.3 is 9.64 Å². The number of Topliss-reactive ketones (excluding diaryl/α,β-unsaturated/α-hetero) is 1. The van der Waals surface area contributed by atoms with Crippen molar-refractivity contribution in [3.05, 3.63) is 34.9 Å². The molecule has 0 unspecified atom stereocenters. The summed E-state index contributed by atoms with van der Waals surface area (Å²) in [6.07, 6.45) is 0.841. The molecule has 1 saturated heterocycles. The minimum absolute atomic E-state index is 0.0877. The number of carbonyl (C=O) groups excluding carboxylic acids is 2. The Morgan fingerprint density at radius 2 is 2.06 bits per heavy atom.